The lowest BCUT2D eigenvalue weighted by Crippen LogP contribution is -2.27. The number of anilines is 1. The molecule has 1 unspecified atom stereocenters. The Bertz CT molecular complexity index is 1160. The van der Waals surface area contributed by atoms with Gasteiger partial charge in [0, 0.05) is 30.0 Å². The number of nitrogens with zero attached hydrogens (tertiary/aromatic N) is 2. The number of ether oxygens (including phenoxy) is 1. The highest BCUT2D eigenvalue weighted by molar-refractivity contribution is 5.86. The zero-order valence-electron chi connectivity index (χ0n) is 18.1. The van der Waals surface area contributed by atoms with E-state index in [4.69, 9.17) is 9.72 Å². The van der Waals surface area contributed by atoms with Crippen LogP contribution in [-0.2, 0) is 6.42 Å². The largest absolute Gasteiger partial charge is 0.497 e. The summed E-state index contributed by atoms with van der Waals surface area (Å²) in [4.78, 5) is 10.5. The van der Waals surface area contributed by atoms with Crippen LogP contribution in [0.3, 0.4) is 0 Å². The minimum Gasteiger partial charge on any atom is -0.497 e. The Morgan fingerprint density at radius 3 is 2.35 bits per heavy atom. The summed E-state index contributed by atoms with van der Waals surface area (Å²) in [6.07, 6.45) is 2.62. The second-order valence-corrected chi connectivity index (χ2v) is 7.65. The third-order valence-corrected chi connectivity index (χ3v) is 5.86. The molecule has 4 nitrogen and oxygen atoms in total. The first-order valence-electron chi connectivity index (χ1n) is 10.0. The molecule has 0 saturated heterocycles. The summed E-state index contributed by atoms with van der Waals surface area (Å²) in [5.74, 6) is 0.590. The summed E-state index contributed by atoms with van der Waals surface area (Å²) in [7, 11) is 3.70. The van der Waals surface area contributed by atoms with E-state index >= 15 is 0 Å². The highest BCUT2D eigenvalue weighted by atomic mass is 35.5. The SMILES string of the molecule is COc1ccc(CC(c2nccc3c(C)c(C)[nH]c23)N(C)c2ccc(F)cc2)cc1.Cl. The molecule has 0 radical (unpaired) electrons. The first-order chi connectivity index (χ1) is 14.5. The second-order valence-electron chi connectivity index (χ2n) is 7.65. The Balaban J connectivity index is 0.00000272. The molecular formula is C25H27ClFN3O. The highest BCUT2D eigenvalue weighted by Gasteiger charge is 2.23. The molecule has 0 amide bonds. The Morgan fingerprint density at radius 1 is 1.03 bits per heavy atom. The van der Waals surface area contributed by atoms with Gasteiger partial charge in [0.05, 0.1) is 24.4 Å². The molecule has 0 fully saturated rings. The maximum atomic E-state index is 13.5. The van der Waals surface area contributed by atoms with Crippen molar-refractivity contribution in [2.45, 2.75) is 26.3 Å². The first kappa shape index (κ1) is 22.6. The van der Waals surface area contributed by atoms with E-state index in [-0.39, 0.29) is 24.3 Å². The van der Waals surface area contributed by atoms with Gasteiger partial charge in [0.15, 0.2) is 0 Å². The predicted octanol–water partition coefficient (Wildman–Crippen LogP) is 6.17. The second kappa shape index (κ2) is 9.40. The van der Waals surface area contributed by atoms with Crippen LogP contribution in [0.1, 0.15) is 28.6 Å². The number of aromatic nitrogens is 2. The Kier molecular flexibility index (Phi) is 6.86. The van der Waals surface area contributed by atoms with Crippen LogP contribution in [0.25, 0.3) is 10.9 Å². The number of nitrogens with one attached hydrogen (secondary N) is 1. The standard InChI is InChI=1S/C25H26FN3O.ClH/c1-16-17(2)28-24-22(16)13-14-27-25(24)23(15-18-5-11-21(30-4)12-6-18)29(3)20-9-7-19(26)8-10-20;/h5-14,23,28H,15H2,1-4H3;1H. The van der Waals surface area contributed by atoms with Crippen molar-refractivity contribution in [2.24, 2.45) is 0 Å². The zero-order chi connectivity index (χ0) is 21.3. The van der Waals surface area contributed by atoms with Crippen molar-refractivity contribution >= 4 is 29.0 Å². The van der Waals surface area contributed by atoms with E-state index in [1.807, 2.05) is 37.5 Å². The quantitative estimate of drug-likeness (QED) is 0.390. The van der Waals surface area contributed by atoms with E-state index in [0.29, 0.717) is 0 Å². The van der Waals surface area contributed by atoms with E-state index in [1.54, 1.807) is 7.11 Å². The highest BCUT2D eigenvalue weighted by Crippen LogP contribution is 2.33. The van der Waals surface area contributed by atoms with Crippen molar-refractivity contribution < 1.29 is 9.13 Å². The van der Waals surface area contributed by atoms with E-state index in [0.717, 1.165) is 34.8 Å². The fraction of sp³-hybridized carbons (Fsp3) is 0.240. The smallest absolute Gasteiger partial charge is 0.123 e. The number of rotatable bonds is 6. The minimum absolute atomic E-state index is 0. The van der Waals surface area contributed by atoms with Gasteiger partial charge in [0.1, 0.15) is 11.6 Å². The van der Waals surface area contributed by atoms with E-state index < -0.39 is 0 Å². The molecule has 0 spiro atoms. The third-order valence-electron chi connectivity index (χ3n) is 5.86. The summed E-state index contributed by atoms with van der Waals surface area (Å²) in [5, 5.41) is 1.18. The number of aromatic amines is 1. The average Bonchev–Trinajstić information content (AvgIpc) is 3.06. The van der Waals surface area contributed by atoms with Gasteiger partial charge >= 0.3 is 0 Å². The molecule has 2 aromatic heterocycles. The number of benzene rings is 2. The molecule has 0 bridgehead atoms. The average molecular weight is 440 g/mol. The van der Waals surface area contributed by atoms with Crippen LogP contribution in [0, 0.1) is 19.7 Å². The van der Waals surface area contributed by atoms with Crippen molar-refractivity contribution in [1.82, 2.24) is 9.97 Å². The molecule has 1 N–H and O–H groups in total. The van der Waals surface area contributed by atoms with E-state index in [1.165, 1.54) is 28.6 Å². The van der Waals surface area contributed by atoms with E-state index in [2.05, 4.69) is 41.9 Å². The molecule has 2 aromatic carbocycles. The van der Waals surface area contributed by atoms with Gasteiger partial charge in [-0.15, -0.1) is 12.4 Å². The van der Waals surface area contributed by atoms with Gasteiger partial charge in [-0.1, -0.05) is 12.1 Å². The molecule has 4 aromatic rings. The number of hydrogen-bond donors (Lipinski definition) is 1. The van der Waals surface area contributed by atoms with Gasteiger partial charge in [-0.2, -0.15) is 0 Å². The van der Waals surface area contributed by atoms with Crippen molar-refractivity contribution in [2.75, 3.05) is 19.1 Å². The number of hydrogen-bond acceptors (Lipinski definition) is 3. The third kappa shape index (κ3) is 4.52. The summed E-state index contributed by atoms with van der Waals surface area (Å²) in [5.41, 5.74) is 6.53. The van der Waals surface area contributed by atoms with Gasteiger partial charge in [-0.25, -0.2) is 4.39 Å². The van der Waals surface area contributed by atoms with Crippen LogP contribution in [0.15, 0.2) is 60.8 Å². The van der Waals surface area contributed by atoms with Gasteiger partial charge < -0.3 is 14.6 Å². The van der Waals surface area contributed by atoms with Crippen LogP contribution in [0.2, 0.25) is 0 Å². The summed E-state index contributed by atoms with van der Waals surface area (Å²) >= 11 is 0. The van der Waals surface area contributed by atoms with Crippen LogP contribution in [-0.4, -0.2) is 24.1 Å². The number of fused-ring (bicyclic) bond motifs is 1. The Hall–Kier alpha value is -3.05. The summed E-state index contributed by atoms with van der Waals surface area (Å²) in [6.45, 7) is 4.21. The van der Waals surface area contributed by atoms with Crippen molar-refractivity contribution in [3.63, 3.8) is 0 Å². The van der Waals surface area contributed by atoms with Crippen LogP contribution < -0.4 is 9.64 Å². The number of aryl methyl sites for hydroxylation is 2. The maximum Gasteiger partial charge on any atom is 0.123 e. The molecule has 162 valence electrons. The summed E-state index contributed by atoms with van der Waals surface area (Å²) < 4.78 is 18.8. The molecule has 0 aliphatic rings. The maximum absolute atomic E-state index is 13.5. The van der Waals surface area contributed by atoms with Crippen LogP contribution in [0.5, 0.6) is 5.75 Å². The minimum atomic E-state index is -0.241. The fourth-order valence-corrected chi connectivity index (χ4v) is 3.92. The monoisotopic (exact) mass is 439 g/mol. The lowest BCUT2D eigenvalue weighted by molar-refractivity contribution is 0.414. The number of H-pyrrole nitrogens is 1. The zero-order valence-corrected chi connectivity index (χ0v) is 19.0. The van der Waals surface area contributed by atoms with Crippen molar-refractivity contribution in [3.8, 4) is 5.75 Å². The number of pyridine rings is 1. The lowest BCUT2D eigenvalue weighted by Gasteiger charge is -2.30. The molecule has 0 saturated carbocycles. The van der Waals surface area contributed by atoms with Crippen LogP contribution >= 0.6 is 12.4 Å². The lowest BCUT2D eigenvalue weighted by atomic mass is 9.99. The van der Waals surface area contributed by atoms with Gasteiger partial charge in [-0.3, -0.25) is 4.98 Å². The molecule has 0 aliphatic carbocycles. The Morgan fingerprint density at radius 2 is 1.71 bits per heavy atom. The summed E-state index contributed by atoms with van der Waals surface area (Å²) in [6, 6.07) is 16.7. The van der Waals surface area contributed by atoms with Crippen LogP contribution in [0.4, 0.5) is 10.1 Å². The van der Waals surface area contributed by atoms with E-state index in [9.17, 15) is 4.39 Å². The topological polar surface area (TPSA) is 41.1 Å². The van der Waals surface area contributed by atoms with Gasteiger partial charge in [0.25, 0.3) is 0 Å². The van der Waals surface area contributed by atoms with Gasteiger partial charge in [0.2, 0.25) is 0 Å². The molecule has 2 heterocycles. The van der Waals surface area contributed by atoms with Crippen molar-refractivity contribution in [1.29, 1.82) is 0 Å². The molecule has 4 rings (SSSR count). The fourth-order valence-electron chi connectivity index (χ4n) is 3.92. The molecule has 31 heavy (non-hydrogen) atoms. The first-order valence-corrected chi connectivity index (χ1v) is 10.0. The molecule has 6 heteroatoms. The predicted molar refractivity (Wildman–Crippen MR) is 127 cm³/mol. The molecule has 1 atom stereocenters. The van der Waals surface area contributed by atoms with Gasteiger partial charge in [-0.05, 0) is 73.9 Å². The molecule has 0 aliphatic heterocycles. The van der Waals surface area contributed by atoms with Crippen molar-refractivity contribution in [3.05, 3.63) is 89.1 Å². The number of likely N-dealkylation sites (N-methyl/N-ethyl adjacent to an activating group) is 1. The Labute approximate surface area is 188 Å². The number of halogens is 2. The molecular weight excluding hydrogens is 413 g/mol. The number of methoxy groups -OCH3 is 1. The normalized spacial score (nSPS) is 11.8.